The van der Waals surface area contributed by atoms with Crippen molar-refractivity contribution in [3.8, 4) is 0 Å². The molecule has 1 heterocycles. The minimum Gasteiger partial charge on any atom is -0.371 e. The Kier molecular flexibility index (Phi) is 3.26. The SMILES string of the molecule is C=CC(OCC1CO1)(C(F)(F)F)C(F)(F)F. The lowest BCUT2D eigenvalue weighted by Crippen LogP contribution is -2.57. The maximum Gasteiger partial charge on any atom is 0.430 e. The summed E-state index contributed by atoms with van der Waals surface area (Å²) >= 11 is 0. The highest BCUT2D eigenvalue weighted by Gasteiger charge is 2.71. The summed E-state index contributed by atoms with van der Waals surface area (Å²) in [4.78, 5) is 0. The molecule has 1 aliphatic rings. The number of ether oxygens (including phenoxy) is 2. The van der Waals surface area contributed by atoms with Crippen LogP contribution in [0.1, 0.15) is 0 Å². The molecule has 0 bridgehead atoms. The van der Waals surface area contributed by atoms with Crippen molar-refractivity contribution in [3.05, 3.63) is 12.7 Å². The van der Waals surface area contributed by atoms with Crippen LogP contribution in [0.3, 0.4) is 0 Å². The molecule has 1 rings (SSSR count). The van der Waals surface area contributed by atoms with Crippen LogP contribution in [0.4, 0.5) is 26.3 Å². The molecule has 1 fully saturated rings. The maximum absolute atomic E-state index is 12.4. The zero-order valence-electron chi connectivity index (χ0n) is 7.86. The van der Waals surface area contributed by atoms with Crippen LogP contribution in [0.25, 0.3) is 0 Å². The van der Waals surface area contributed by atoms with Gasteiger partial charge in [-0.1, -0.05) is 6.58 Å². The quantitative estimate of drug-likeness (QED) is 0.434. The first kappa shape index (κ1) is 13.3. The highest BCUT2D eigenvalue weighted by atomic mass is 19.4. The van der Waals surface area contributed by atoms with E-state index in [0.717, 1.165) is 0 Å². The van der Waals surface area contributed by atoms with Gasteiger partial charge in [-0.15, -0.1) is 0 Å². The standard InChI is InChI=1S/C8H8F6O2/c1-2-6(7(9,10)11,8(12,13)14)16-4-5-3-15-5/h2,5H,1,3-4H2. The molecule has 1 unspecified atom stereocenters. The molecule has 0 amide bonds. The molecule has 1 atom stereocenters. The Morgan fingerprint density at radius 3 is 1.88 bits per heavy atom. The summed E-state index contributed by atoms with van der Waals surface area (Å²) in [5, 5.41) is 0. The summed E-state index contributed by atoms with van der Waals surface area (Å²) in [6, 6.07) is 0. The second-order valence-corrected chi connectivity index (χ2v) is 3.20. The molecule has 0 radical (unpaired) electrons. The summed E-state index contributed by atoms with van der Waals surface area (Å²) in [7, 11) is 0. The van der Waals surface area contributed by atoms with Gasteiger partial charge in [-0.25, -0.2) is 0 Å². The Hall–Kier alpha value is -0.760. The number of rotatable bonds is 4. The molecule has 0 saturated carbocycles. The van der Waals surface area contributed by atoms with E-state index in [9.17, 15) is 26.3 Å². The molecule has 0 aliphatic carbocycles. The van der Waals surface area contributed by atoms with E-state index in [1.54, 1.807) is 0 Å². The van der Waals surface area contributed by atoms with Gasteiger partial charge in [0.05, 0.1) is 13.2 Å². The molecule has 1 aliphatic heterocycles. The van der Waals surface area contributed by atoms with Gasteiger partial charge < -0.3 is 9.47 Å². The molecule has 94 valence electrons. The Labute approximate surface area is 86.8 Å². The molecule has 0 N–H and O–H groups in total. The highest BCUT2D eigenvalue weighted by Crippen LogP contribution is 2.46. The van der Waals surface area contributed by atoms with E-state index in [2.05, 4.69) is 16.1 Å². The zero-order chi connectivity index (χ0) is 12.6. The maximum atomic E-state index is 12.4. The Morgan fingerprint density at radius 1 is 1.19 bits per heavy atom. The molecular weight excluding hydrogens is 242 g/mol. The summed E-state index contributed by atoms with van der Waals surface area (Å²) < 4.78 is 82.7. The van der Waals surface area contributed by atoms with E-state index in [1.807, 2.05) is 0 Å². The fourth-order valence-corrected chi connectivity index (χ4v) is 1.00. The summed E-state index contributed by atoms with van der Waals surface area (Å²) in [6.07, 6.45) is -12.2. The van der Waals surface area contributed by atoms with Crippen molar-refractivity contribution in [2.75, 3.05) is 13.2 Å². The molecule has 1 saturated heterocycles. The second kappa shape index (κ2) is 3.92. The topological polar surface area (TPSA) is 21.8 Å². The molecular formula is C8H8F6O2. The van der Waals surface area contributed by atoms with Gasteiger partial charge in [-0.05, 0) is 6.08 Å². The third-order valence-electron chi connectivity index (χ3n) is 2.03. The lowest BCUT2D eigenvalue weighted by atomic mass is 10.0. The van der Waals surface area contributed by atoms with E-state index >= 15 is 0 Å². The van der Waals surface area contributed by atoms with E-state index in [4.69, 9.17) is 0 Å². The third-order valence-corrected chi connectivity index (χ3v) is 2.03. The Bertz CT molecular complexity index is 251. The predicted molar refractivity (Wildman–Crippen MR) is 40.7 cm³/mol. The van der Waals surface area contributed by atoms with Crippen molar-refractivity contribution in [2.45, 2.75) is 24.1 Å². The van der Waals surface area contributed by atoms with Crippen molar-refractivity contribution in [2.24, 2.45) is 0 Å². The molecule has 8 heteroatoms. The predicted octanol–water partition coefficient (Wildman–Crippen LogP) is 2.45. The van der Waals surface area contributed by atoms with Crippen molar-refractivity contribution < 1.29 is 35.8 Å². The minimum absolute atomic E-state index is 0.100. The van der Waals surface area contributed by atoms with Gasteiger partial charge in [0.15, 0.2) is 0 Å². The van der Waals surface area contributed by atoms with Crippen molar-refractivity contribution in [3.63, 3.8) is 0 Å². The van der Waals surface area contributed by atoms with Gasteiger partial charge in [-0.3, -0.25) is 0 Å². The minimum atomic E-state index is -5.61. The molecule has 0 aromatic carbocycles. The average molecular weight is 250 g/mol. The summed E-state index contributed by atoms with van der Waals surface area (Å²) in [5.74, 6) is 0. The first-order valence-electron chi connectivity index (χ1n) is 4.16. The number of hydrogen-bond donors (Lipinski definition) is 0. The van der Waals surface area contributed by atoms with Crippen molar-refractivity contribution in [1.82, 2.24) is 0 Å². The first-order chi connectivity index (χ1) is 7.14. The van der Waals surface area contributed by atoms with Crippen LogP contribution in [-0.4, -0.2) is 37.3 Å². The largest absolute Gasteiger partial charge is 0.430 e. The first-order valence-corrected chi connectivity index (χ1v) is 4.16. The van der Waals surface area contributed by atoms with Gasteiger partial charge >= 0.3 is 12.4 Å². The molecule has 16 heavy (non-hydrogen) atoms. The van der Waals surface area contributed by atoms with E-state index in [0.29, 0.717) is 0 Å². The molecule has 0 aromatic rings. The molecule has 0 aromatic heterocycles. The van der Waals surface area contributed by atoms with Crippen LogP contribution in [0.15, 0.2) is 12.7 Å². The van der Waals surface area contributed by atoms with E-state index in [-0.39, 0.29) is 12.7 Å². The van der Waals surface area contributed by atoms with Crippen LogP contribution in [-0.2, 0) is 9.47 Å². The Balaban J connectivity index is 2.91. The summed E-state index contributed by atoms with van der Waals surface area (Å²) in [5.41, 5.74) is -4.33. The summed E-state index contributed by atoms with van der Waals surface area (Å²) in [6.45, 7) is 1.89. The fraction of sp³-hybridized carbons (Fsp3) is 0.750. The number of halogens is 6. The number of epoxide rings is 1. The van der Waals surface area contributed by atoms with Crippen LogP contribution < -0.4 is 0 Å². The van der Waals surface area contributed by atoms with Crippen LogP contribution >= 0.6 is 0 Å². The molecule has 0 spiro atoms. The van der Waals surface area contributed by atoms with Gasteiger partial charge in [0.1, 0.15) is 6.10 Å². The van der Waals surface area contributed by atoms with Crippen molar-refractivity contribution >= 4 is 0 Å². The van der Waals surface area contributed by atoms with E-state index < -0.39 is 30.7 Å². The monoisotopic (exact) mass is 250 g/mol. The normalized spacial score (nSPS) is 22.0. The van der Waals surface area contributed by atoms with Gasteiger partial charge in [-0.2, -0.15) is 26.3 Å². The van der Waals surface area contributed by atoms with Gasteiger partial charge in [0.2, 0.25) is 0 Å². The van der Waals surface area contributed by atoms with Crippen LogP contribution in [0, 0.1) is 0 Å². The highest BCUT2D eigenvalue weighted by molar-refractivity contribution is 5.09. The lowest BCUT2D eigenvalue weighted by Gasteiger charge is -2.34. The van der Waals surface area contributed by atoms with Crippen LogP contribution in [0.2, 0.25) is 0 Å². The fourth-order valence-electron chi connectivity index (χ4n) is 1.00. The van der Waals surface area contributed by atoms with Crippen LogP contribution in [0.5, 0.6) is 0 Å². The van der Waals surface area contributed by atoms with Crippen molar-refractivity contribution in [1.29, 1.82) is 0 Å². The third kappa shape index (κ3) is 2.32. The second-order valence-electron chi connectivity index (χ2n) is 3.20. The number of alkyl halides is 6. The zero-order valence-corrected chi connectivity index (χ0v) is 7.86. The Morgan fingerprint density at radius 2 is 1.62 bits per heavy atom. The van der Waals surface area contributed by atoms with E-state index in [1.165, 1.54) is 0 Å². The van der Waals surface area contributed by atoms with Gasteiger partial charge in [0, 0.05) is 0 Å². The smallest absolute Gasteiger partial charge is 0.371 e. The molecule has 2 nitrogen and oxygen atoms in total. The number of hydrogen-bond acceptors (Lipinski definition) is 2. The average Bonchev–Trinajstić information content (AvgIpc) is 2.84. The lowest BCUT2D eigenvalue weighted by molar-refractivity contribution is -0.361. The van der Waals surface area contributed by atoms with Gasteiger partial charge in [0.25, 0.3) is 5.60 Å².